The van der Waals surface area contributed by atoms with Crippen molar-refractivity contribution >= 4 is 24.4 Å². The predicted octanol–water partition coefficient (Wildman–Crippen LogP) is 3.61. The maximum absolute atomic E-state index is 12.5. The van der Waals surface area contributed by atoms with E-state index in [1.165, 1.54) is 14.2 Å². The summed E-state index contributed by atoms with van der Waals surface area (Å²) < 4.78 is 37.2. The van der Waals surface area contributed by atoms with Gasteiger partial charge in [0.25, 0.3) is 0 Å². The molecule has 1 aromatic rings. The molecular formula is C17H28NO5PS. The first-order chi connectivity index (χ1) is 11.8. The molecule has 0 aliphatic rings. The standard InChI is InChI=1S/C17H28NO5PS/c1-5-6-7-15(12-16(19)13-24(20,22-3)23-4)18-25(21)17-10-8-14(2)9-11-17/h8-11,15,18H,5-7,12-13H2,1-4H3/t15-,25?/m1/s1. The Kier molecular flexibility index (Phi) is 9.75. The summed E-state index contributed by atoms with van der Waals surface area (Å²) in [6.07, 6.45) is 2.44. The number of rotatable bonds is 12. The highest BCUT2D eigenvalue weighted by atomic mass is 32.2. The van der Waals surface area contributed by atoms with Gasteiger partial charge in [-0.2, -0.15) is 0 Å². The van der Waals surface area contributed by atoms with Crippen LogP contribution in [0.25, 0.3) is 0 Å². The van der Waals surface area contributed by atoms with Gasteiger partial charge < -0.3 is 9.05 Å². The van der Waals surface area contributed by atoms with Gasteiger partial charge in [0, 0.05) is 26.7 Å². The van der Waals surface area contributed by atoms with E-state index >= 15 is 0 Å². The highest BCUT2D eigenvalue weighted by Crippen LogP contribution is 2.46. The topological polar surface area (TPSA) is 81.7 Å². The molecule has 1 N–H and O–H groups in total. The van der Waals surface area contributed by atoms with Crippen LogP contribution >= 0.6 is 7.60 Å². The van der Waals surface area contributed by atoms with E-state index < -0.39 is 18.6 Å². The molecule has 0 heterocycles. The summed E-state index contributed by atoms with van der Waals surface area (Å²) in [4.78, 5) is 12.9. The number of unbranched alkanes of at least 4 members (excludes halogenated alkanes) is 1. The zero-order valence-electron chi connectivity index (χ0n) is 15.3. The van der Waals surface area contributed by atoms with Crippen LogP contribution in [0, 0.1) is 6.92 Å². The third-order valence-electron chi connectivity index (χ3n) is 3.82. The fourth-order valence-electron chi connectivity index (χ4n) is 2.29. The Bertz CT molecular complexity index is 612. The largest absolute Gasteiger partial charge is 0.337 e. The molecule has 0 amide bonds. The average molecular weight is 389 g/mol. The Hall–Kier alpha value is -0.850. The van der Waals surface area contributed by atoms with E-state index in [1.807, 2.05) is 19.1 Å². The minimum absolute atomic E-state index is 0.133. The number of hydrogen-bond donors (Lipinski definition) is 1. The number of carbonyl (C=O) groups excluding carboxylic acids is 1. The van der Waals surface area contributed by atoms with Crippen LogP contribution in [0.2, 0.25) is 0 Å². The lowest BCUT2D eigenvalue weighted by Gasteiger charge is -2.19. The molecule has 0 saturated heterocycles. The summed E-state index contributed by atoms with van der Waals surface area (Å²) in [5.41, 5.74) is 1.09. The molecule has 142 valence electrons. The third-order valence-corrected chi connectivity index (χ3v) is 6.92. The number of carbonyl (C=O) groups is 1. The highest BCUT2D eigenvalue weighted by Gasteiger charge is 2.27. The van der Waals surface area contributed by atoms with Crippen molar-refractivity contribution in [1.82, 2.24) is 4.72 Å². The molecule has 1 unspecified atom stereocenters. The Morgan fingerprint density at radius 2 is 1.84 bits per heavy atom. The van der Waals surface area contributed by atoms with Gasteiger partial charge >= 0.3 is 7.60 Å². The Balaban J connectivity index is 2.73. The fourth-order valence-corrected chi connectivity index (χ4v) is 4.29. The number of Topliss-reactive ketones (excluding diaryl/α,β-unsaturated/α-hetero) is 1. The van der Waals surface area contributed by atoms with Crippen molar-refractivity contribution in [2.75, 3.05) is 20.4 Å². The maximum atomic E-state index is 12.5. The van der Waals surface area contributed by atoms with Crippen LogP contribution in [0.1, 0.15) is 38.2 Å². The van der Waals surface area contributed by atoms with E-state index in [0.717, 1.165) is 18.4 Å². The number of benzene rings is 1. The van der Waals surface area contributed by atoms with E-state index in [4.69, 9.17) is 9.05 Å². The van der Waals surface area contributed by atoms with Crippen molar-refractivity contribution in [3.05, 3.63) is 29.8 Å². The summed E-state index contributed by atoms with van der Waals surface area (Å²) in [6, 6.07) is 7.16. The number of ketones is 1. The number of hydrogen-bond acceptors (Lipinski definition) is 5. The van der Waals surface area contributed by atoms with Gasteiger partial charge in [-0.3, -0.25) is 9.36 Å². The molecule has 0 aliphatic carbocycles. The first kappa shape index (κ1) is 22.2. The molecule has 0 spiro atoms. The van der Waals surface area contributed by atoms with Crippen LogP contribution < -0.4 is 4.72 Å². The minimum atomic E-state index is -3.37. The molecule has 0 fully saturated rings. The van der Waals surface area contributed by atoms with Gasteiger partial charge in [0.15, 0.2) is 0 Å². The molecule has 6 nitrogen and oxygen atoms in total. The lowest BCUT2D eigenvalue weighted by atomic mass is 10.1. The summed E-state index contributed by atoms with van der Waals surface area (Å²) in [7, 11) is -2.25. The molecule has 1 rings (SSSR count). The van der Waals surface area contributed by atoms with Gasteiger partial charge in [0.1, 0.15) is 22.9 Å². The zero-order valence-corrected chi connectivity index (χ0v) is 17.0. The SMILES string of the molecule is CCCC[C@H](CC(=O)CP(=O)(OC)OC)NS(=O)c1ccc(C)cc1. The molecule has 0 radical (unpaired) electrons. The first-order valence-corrected chi connectivity index (χ1v) is 11.2. The van der Waals surface area contributed by atoms with Gasteiger partial charge in [-0.25, -0.2) is 8.93 Å². The molecule has 1 aromatic carbocycles. The van der Waals surface area contributed by atoms with Gasteiger partial charge in [0.2, 0.25) is 0 Å². The first-order valence-electron chi connectivity index (χ1n) is 8.30. The van der Waals surface area contributed by atoms with Crippen LogP contribution in [0.15, 0.2) is 29.2 Å². The molecule has 0 aromatic heterocycles. The van der Waals surface area contributed by atoms with Crippen LogP contribution in [0.4, 0.5) is 0 Å². The molecule has 2 atom stereocenters. The van der Waals surface area contributed by atoms with Crippen LogP contribution in [0.5, 0.6) is 0 Å². The predicted molar refractivity (Wildman–Crippen MR) is 100 cm³/mol. The summed E-state index contributed by atoms with van der Waals surface area (Å²) >= 11 is 0. The minimum Gasteiger partial charge on any atom is -0.312 e. The normalized spacial score (nSPS) is 14.2. The Labute approximate surface area is 152 Å². The molecular weight excluding hydrogens is 361 g/mol. The van der Waals surface area contributed by atoms with Crippen molar-refractivity contribution in [3.63, 3.8) is 0 Å². The van der Waals surface area contributed by atoms with Gasteiger partial charge in [-0.1, -0.05) is 37.5 Å². The lowest BCUT2D eigenvalue weighted by molar-refractivity contribution is -0.117. The van der Waals surface area contributed by atoms with Crippen molar-refractivity contribution in [2.24, 2.45) is 0 Å². The molecule has 25 heavy (non-hydrogen) atoms. The van der Waals surface area contributed by atoms with E-state index in [0.29, 0.717) is 11.3 Å². The summed E-state index contributed by atoms with van der Waals surface area (Å²) in [6.45, 7) is 4.02. The second kappa shape index (κ2) is 11.0. The van der Waals surface area contributed by atoms with Gasteiger partial charge in [0.05, 0.1) is 4.90 Å². The van der Waals surface area contributed by atoms with Crippen molar-refractivity contribution < 1.29 is 22.6 Å². The lowest BCUT2D eigenvalue weighted by Crippen LogP contribution is -2.33. The quantitative estimate of drug-likeness (QED) is 0.552. The zero-order chi connectivity index (χ0) is 18.9. The van der Waals surface area contributed by atoms with Crippen molar-refractivity contribution in [3.8, 4) is 0 Å². The Morgan fingerprint density at radius 1 is 1.24 bits per heavy atom. The van der Waals surface area contributed by atoms with E-state index in [-0.39, 0.29) is 24.4 Å². The maximum Gasteiger partial charge on any atom is 0.337 e. The number of aryl methyl sites for hydroxylation is 1. The van der Waals surface area contributed by atoms with Crippen molar-refractivity contribution in [1.29, 1.82) is 0 Å². The van der Waals surface area contributed by atoms with Crippen LogP contribution in [-0.2, 0) is 29.4 Å². The summed E-state index contributed by atoms with van der Waals surface area (Å²) in [5, 5.41) is 0. The molecule has 0 saturated carbocycles. The second-order valence-electron chi connectivity index (χ2n) is 5.92. The average Bonchev–Trinajstić information content (AvgIpc) is 2.59. The van der Waals surface area contributed by atoms with Crippen LogP contribution in [0.3, 0.4) is 0 Å². The van der Waals surface area contributed by atoms with E-state index in [2.05, 4.69) is 11.6 Å². The highest BCUT2D eigenvalue weighted by molar-refractivity contribution is 7.83. The fraction of sp³-hybridized carbons (Fsp3) is 0.588. The molecule has 0 aliphatic heterocycles. The van der Waals surface area contributed by atoms with Gasteiger partial charge in [-0.05, 0) is 25.5 Å². The van der Waals surface area contributed by atoms with Gasteiger partial charge in [-0.15, -0.1) is 0 Å². The number of nitrogens with one attached hydrogen (secondary N) is 1. The third kappa shape index (κ3) is 7.92. The summed E-state index contributed by atoms with van der Waals surface area (Å²) in [5.74, 6) is -0.235. The Morgan fingerprint density at radius 3 is 2.36 bits per heavy atom. The van der Waals surface area contributed by atoms with Crippen LogP contribution in [-0.4, -0.2) is 36.4 Å². The smallest absolute Gasteiger partial charge is 0.312 e. The van der Waals surface area contributed by atoms with Crippen molar-refractivity contribution in [2.45, 2.75) is 50.5 Å². The van der Waals surface area contributed by atoms with E-state index in [1.54, 1.807) is 12.1 Å². The monoisotopic (exact) mass is 389 g/mol. The van der Waals surface area contributed by atoms with E-state index in [9.17, 15) is 13.6 Å². The molecule has 8 heteroatoms. The molecule has 0 bridgehead atoms. The second-order valence-corrected chi connectivity index (χ2v) is 9.43.